The molecule has 2 aromatic rings. The van der Waals surface area contributed by atoms with Crippen LogP contribution in [0, 0.1) is 4.91 Å². The van der Waals surface area contributed by atoms with Gasteiger partial charge in [0, 0.05) is 5.56 Å². The molecule has 0 N–H and O–H groups in total. The van der Waals surface area contributed by atoms with E-state index in [9.17, 15) is 22.9 Å². The molecular weight excluding hydrogens is 309 g/mol. The Morgan fingerprint density at radius 3 is 2.26 bits per heavy atom. The summed E-state index contributed by atoms with van der Waals surface area (Å²) in [6.07, 6.45) is -5.89. The van der Waals surface area contributed by atoms with Crippen LogP contribution in [0.2, 0.25) is 0 Å². The smallest absolute Gasteiger partial charge is 0.272 e. The first-order valence-electron chi connectivity index (χ1n) is 6.84. The van der Waals surface area contributed by atoms with Crippen LogP contribution in [-0.4, -0.2) is 12.1 Å². The summed E-state index contributed by atoms with van der Waals surface area (Å²) < 4.78 is 38.8. The number of nitrogens with zero attached hydrogens (tertiary/aromatic N) is 2. The van der Waals surface area contributed by atoms with E-state index in [1.54, 1.807) is 36.4 Å². The second kappa shape index (κ2) is 5.49. The number of rotatable bonds is 2. The van der Waals surface area contributed by atoms with Gasteiger partial charge in [0.2, 0.25) is 0 Å². The zero-order valence-corrected chi connectivity index (χ0v) is 11.7. The van der Waals surface area contributed by atoms with Gasteiger partial charge in [-0.1, -0.05) is 42.5 Å². The van der Waals surface area contributed by atoms with Crippen molar-refractivity contribution in [2.24, 2.45) is 5.29 Å². The molecule has 1 heterocycles. The lowest BCUT2D eigenvalue weighted by atomic mass is 9.89. The standard InChI is InChI=1S/C16H11F3N2O2/c17-16(18,19)9-13-11-6-2-1-5-10(11)12-7-3-4-8-14(12)21(20-23)15(13)22/h1-8,13H,9H2. The molecule has 1 aliphatic rings. The first-order valence-corrected chi connectivity index (χ1v) is 6.84. The normalized spacial score (nSPS) is 17.3. The van der Waals surface area contributed by atoms with Crippen molar-refractivity contribution in [3.63, 3.8) is 0 Å². The molecule has 3 rings (SSSR count). The Balaban J connectivity index is 2.26. The Morgan fingerprint density at radius 1 is 1.00 bits per heavy atom. The largest absolute Gasteiger partial charge is 0.390 e. The molecule has 0 saturated heterocycles. The van der Waals surface area contributed by atoms with Crippen LogP contribution in [0.5, 0.6) is 0 Å². The number of nitroso groups, excluding NO2 is 1. The second-order valence-corrected chi connectivity index (χ2v) is 5.21. The van der Waals surface area contributed by atoms with Crippen molar-refractivity contribution in [1.29, 1.82) is 0 Å². The van der Waals surface area contributed by atoms with Gasteiger partial charge in [0.05, 0.1) is 23.3 Å². The third-order valence-corrected chi connectivity index (χ3v) is 3.78. The van der Waals surface area contributed by atoms with E-state index in [2.05, 4.69) is 5.29 Å². The lowest BCUT2D eigenvalue weighted by molar-refractivity contribution is -0.146. The fraction of sp³-hybridized carbons (Fsp3) is 0.188. The van der Waals surface area contributed by atoms with E-state index < -0.39 is 24.4 Å². The molecule has 0 aromatic heterocycles. The molecule has 4 nitrogen and oxygen atoms in total. The second-order valence-electron chi connectivity index (χ2n) is 5.21. The van der Waals surface area contributed by atoms with Crippen LogP contribution in [0.1, 0.15) is 17.9 Å². The monoisotopic (exact) mass is 320 g/mol. The first-order chi connectivity index (χ1) is 10.9. The zero-order valence-electron chi connectivity index (χ0n) is 11.7. The minimum atomic E-state index is -4.54. The van der Waals surface area contributed by atoms with Crippen molar-refractivity contribution < 1.29 is 18.0 Å². The van der Waals surface area contributed by atoms with Gasteiger partial charge < -0.3 is 0 Å². The average molecular weight is 320 g/mol. The van der Waals surface area contributed by atoms with Gasteiger partial charge in [-0.25, -0.2) is 0 Å². The predicted octanol–water partition coefficient (Wildman–Crippen LogP) is 4.42. The highest BCUT2D eigenvalue weighted by atomic mass is 19.4. The van der Waals surface area contributed by atoms with Gasteiger partial charge in [-0.3, -0.25) is 4.79 Å². The number of hydrogen-bond donors (Lipinski definition) is 0. The van der Waals surface area contributed by atoms with Crippen LogP contribution < -0.4 is 5.01 Å². The van der Waals surface area contributed by atoms with Crippen LogP contribution in [0.15, 0.2) is 53.8 Å². The van der Waals surface area contributed by atoms with E-state index in [-0.39, 0.29) is 11.3 Å². The topological polar surface area (TPSA) is 49.7 Å². The minimum Gasteiger partial charge on any atom is -0.272 e. The summed E-state index contributed by atoms with van der Waals surface area (Å²) in [4.78, 5) is 23.6. The fourth-order valence-corrected chi connectivity index (χ4v) is 2.84. The van der Waals surface area contributed by atoms with Crippen molar-refractivity contribution in [2.45, 2.75) is 18.5 Å². The fourth-order valence-electron chi connectivity index (χ4n) is 2.84. The van der Waals surface area contributed by atoms with Gasteiger partial charge in [-0.2, -0.15) is 18.2 Å². The predicted molar refractivity (Wildman–Crippen MR) is 78.6 cm³/mol. The third-order valence-electron chi connectivity index (χ3n) is 3.78. The molecular formula is C16H11F3N2O2. The van der Waals surface area contributed by atoms with E-state index in [0.29, 0.717) is 16.1 Å². The third kappa shape index (κ3) is 2.69. The maximum atomic E-state index is 12.9. The molecule has 2 aromatic carbocycles. The number of hydrogen-bond acceptors (Lipinski definition) is 3. The van der Waals surface area contributed by atoms with E-state index in [1.807, 2.05) is 0 Å². The number of halogens is 3. The average Bonchev–Trinajstić information content (AvgIpc) is 2.61. The minimum absolute atomic E-state index is 0.185. The van der Waals surface area contributed by atoms with E-state index >= 15 is 0 Å². The summed E-state index contributed by atoms with van der Waals surface area (Å²) in [5.41, 5.74) is 1.43. The highest BCUT2D eigenvalue weighted by molar-refractivity contribution is 6.04. The Bertz CT molecular complexity index is 774. The number of amides is 1. The Hall–Kier alpha value is -2.70. The summed E-state index contributed by atoms with van der Waals surface area (Å²) in [5, 5.41) is 3.18. The first kappa shape index (κ1) is 15.2. The van der Waals surface area contributed by atoms with Crippen LogP contribution in [0.3, 0.4) is 0 Å². The molecule has 118 valence electrons. The lowest BCUT2D eigenvalue weighted by Crippen LogP contribution is -2.32. The molecule has 0 saturated carbocycles. The van der Waals surface area contributed by atoms with Gasteiger partial charge in [0.1, 0.15) is 0 Å². The maximum absolute atomic E-state index is 12.9. The van der Waals surface area contributed by atoms with E-state index in [4.69, 9.17) is 0 Å². The van der Waals surface area contributed by atoms with E-state index in [0.717, 1.165) is 0 Å². The summed E-state index contributed by atoms with van der Waals surface area (Å²) in [5.74, 6) is -2.48. The highest BCUT2D eigenvalue weighted by Crippen LogP contribution is 2.44. The van der Waals surface area contributed by atoms with Gasteiger partial charge >= 0.3 is 6.18 Å². The lowest BCUT2D eigenvalue weighted by Gasteiger charge is -2.20. The zero-order chi connectivity index (χ0) is 16.6. The van der Waals surface area contributed by atoms with Crippen molar-refractivity contribution >= 4 is 11.6 Å². The molecule has 1 amide bonds. The Kier molecular flexibility index (Phi) is 3.63. The molecule has 1 atom stereocenters. The van der Waals surface area contributed by atoms with Crippen LogP contribution in [0.4, 0.5) is 18.9 Å². The SMILES string of the molecule is O=NN1C(=O)C(CC(F)(F)F)c2ccccc2-c2ccccc21. The Morgan fingerprint density at radius 2 is 1.61 bits per heavy atom. The molecule has 23 heavy (non-hydrogen) atoms. The molecule has 0 fully saturated rings. The summed E-state index contributed by atoms with van der Waals surface area (Å²) in [6, 6.07) is 12.8. The molecule has 7 heteroatoms. The number of carbonyl (C=O) groups is 1. The summed E-state index contributed by atoms with van der Waals surface area (Å²) in [6.45, 7) is 0. The maximum Gasteiger partial charge on any atom is 0.390 e. The van der Waals surface area contributed by atoms with Crippen molar-refractivity contribution in [2.75, 3.05) is 5.01 Å². The molecule has 1 aliphatic heterocycles. The van der Waals surface area contributed by atoms with Crippen molar-refractivity contribution in [3.05, 3.63) is 59.0 Å². The van der Waals surface area contributed by atoms with Gasteiger partial charge in [0.15, 0.2) is 0 Å². The molecule has 1 unspecified atom stereocenters. The number of para-hydroxylation sites is 1. The molecule has 0 radical (unpaired) electrons. The summed E-state index contributed by atoms with van der Waals surface area (Å²) in [7, 11) is 0. The van der Waals surface area contributed by atoms with Crippen LogP contribution >= 0.6 is 0 Å². The number of benzene rings is 2. The van der Waals surface area contributed by atoms with Gasteiger partial charge in [0.25, 0.3) is 5.91 Å². The molecule has 0 spiro atoms. The van der Waals surface area contributed by atoms with Crippen molar-refractivity contribution in [1.82, 2.24) is 0 Å². The van der Waals surface area contributed by atoms with Crippen LogP contribution in [0.25, 0.3) is 11.1 Å². The Labute approximate surface area is 129 Å². The summed E-state index contributed by atoms with van der Waals surface area (Å²) >= 11 is 0. The number of fused-ring (bicyclic) bond motifs is 3. The quantitative estimate of drug-likeness (QED) is 0.769. The molecule has 0 aliphatic carbocycles. The van der Waals surface area contributed by atoms with Gasteiger partial charge in [-0.05, 0) is 17.2 Å². The van der Waals surface area contributed by atoms with Crippen molar-refractivity contribution in [3.8, 4) is 11.1 Å². The highest BCUT2D eigenvalue weighted by Gasteiger charge is 2.42. The molecule has 0 bridgehead atoms. The van der Waals surface area contributed by atoms with E-state index in [1.165, 1.54) is 12.1 Å². The number of carbonyl (C=O) groups excluding carboxylic acids is 1. The number of anilines is 1. The number of alkyl halides is 3. The van der Waals surface area contributed by atoms with Gasteiger partial charge in [-0.15, -0.1) is 4.91 Å². The van der Waals surface area contributed by atoms with Crippen LogP contribution in [-0.2, 0) is 4.79 Å².